The number of pyridine rings is 1. The fraction of sp³-hybridized carbons (Fsp3) is 0.381. The standard InChI is InChI=1S/C21H25N3O3/c1-2-3-16-27-19-6-4-17(5-7-19)20(25)23-12-14-24(15-13-23)21(26)18-8-10-22-11-9-18/h4-11H,2-3,12-16H2,1H3. The largest absolute Gasteiger partial charge is 0.494 e. The molecule has 1 fully saturated rings. The number of aromatic nitrogens is 1. The van der Waals surface area contributed by atoms with Crippen molar-refractivity contribution in [1.82, 2.24) is 14.8 Å². The van der Waals surface area contributed by atoms with E-state index in [9.17, 15) is 9.59 Å². The van der Waals surface area contributed by atoms with Crippen LogP contribution in [0.3, 0.4) is 0 Å². The molecule has 2 heterocycles. The van der Waals surface area contributed by atoms with Gasteiger partial charge in [0.25, 0.3) is 11.8 Å². The summed E-state index contributed by atoms with van der Waals surface area (Å²) in [6.07, 6.45) is 5.33. The van der Waals surface area contributed by atoms with E-state index in [2.05, 4.69) is 11.9 Å². The van der Waals surface area contributed by atoms with Crippen molar-refractivity contribution in [2.45, 2.75) is 19.8 Å². The van der Waals surface area contributed by atoms with E-state index in [0.717, 1.165) is 18.6 Å². The monoisotopic (exact) mass is 367 g/mol. The highest BCUT2D eigenvalue weighted by atomic mass is 16.5. The van der Waals surface area contributed by atoms with Gasteiger partial charge in [0.05, 0.1) is 6.61 Å². The lowest BCUT2D eigenvalue weighted by molar-refractivity contribution is 0.0535. The van der Waals surface area contributed by atoms with Crippen molar-refractivity contribution in [2.75, 3.05) is 32.8 Å². The van der Waals surface area contributed by atoms with Gasteiger partial charge in [-0.25, -0.2) is 0 Å². The zero-order chi connectivity index (χ0) is 19.1. The first-order valence-electron chi connectivity index (χ1n) is 9.40. The summed E-state index contributed by atoms with van der Waals surface area (Å²) in [6.45, 7) is 4.94. The van der Waals surface area contributed by atoms with Crippen molar-refractivity contribution in [1.29, 1.82) is 0 Å². The van der Waals surface area contributed by atoms with E-state index in [1.165, 1.54) is 0 Å². The van der Waals surface area contributed by atoms with Gasteiger partial charge >= 0.3 is 0 Å². The number of carbonyl (C=O) groups is 2. The lowest BCUT2D eigenvalue weighted by atomic mass is 10.1. The number of hydrogen-bond acceptors (Lipinski definition) is 4. The van der Waals surface area contributed by atoms with Gasteiger partial charge in [-0.15, -0.1) is 0 Å². The first kappa shape index (κ1) is 18.9. The predicted octanol–water partition coefficient (Wildman–Crippen LogP) is 2.86. The van der Waals surface area contributed by atoms with Crippen LogP contribution < -0.4 is 4.74 Å². The number of nitrogens with zero attached hydrogens (tertiary/aromatic N) is 3. The SMILES string of the molecule is CCCCOc1ccc(C(=O)N2CCN(C(=O)c3ccncc3)CC2)cc1. The molecule has 3 rings (SSSR count). The molecule has 6 nitrogen and oxygen atoms in total. The van der Waals surface area contributed by atoms with Crippen LogP contribution in [0.1, 0.15) is 40.5 Å². The molecule has 0 N–H and O–H groups in total. The second kappa shape index (κ2) is 9.16. The molecule has 1 aromatic heterocycles. The fourth-order valence-electron chi connectivity index (χ4n) is 3.00. The Morgan fingerprint density at radius 1 is 0.889 bits per heavy atom. The van der Waals surface area contributed by atoms with Crippen LogP contribution in [0, 0.1) is 0 Å². The van der Waals surface area contributed by atoms with Crippen LogP contribution in [0.4, 0.5) is 0 Å². The summed E-state index contributed by atoms with van der Waals surface area (Å²) >= 11 is 0. The minimum Gasteiger partial charge on any atom is -0.494 e. The Morgan fingerprint density at radius 3 is 1.93 bits per heavy atom. The lowest BCUT2D eigenvalue weighted by Gasteiger charge is -2.34. The van der Waals surface area contributed by atoms with Crippen molar-refractivity contribution in [3.05, 3.63) is 59.9 Å². The third-order valence-corrected chi connectivity index (χ3v) is 4.65. The maximum atomic E-state index is 12.7. The highest BCUT2D eigenvalue weighted by Gasteiger charge is 2.25. The Hall–Kier alpha value is -2.89. The molecule has 27 heavy (non-hydrogen) atoms. The predicted molar refractivity (Wildman–Crippen MR) is 103 cm³/mol. The van der Waals surface area contributed by atoms with Crippen LogP contribution in [-0.4, -0.2) is 59.4 Å². The minimum absolute atomic E-state index is 0.00822. The third-order valence-electron chi connectivity index (χ3n) is 4.65. The maximum Gasteiger partial charge on any atom is 0.254 e. The Balaban J connectivity index is 1.53. The average molecular weight is 367 g/mol. The van der Waals surface area contributed by atoms with Crippen LogP contribution in [0.5, 0.6) is 5.75 Å². The van der Waals surface area contributed by atoms with Gasteiger partial charge in [-0.2, -0.15) is 0 Å². The summed E-state index contributed by atoms with van der Waals surface area (Å²) in [5, 5.41) is 0. The van der Waals surface area contributed by atoms with Crippen molar-refractivity contribution >= 4 is 11.8 Å². The van der Waals surface area contributed by atoms with E-state index >= 15 is 0 Å². The Morgan fingerprint density at radius 2 is 1.41 bits per heavy atom. The molecular formula is C21H25N3O3. The Labute approximate surface area is 159 Å². The number of benzene rings is 1. The van der Waals surface area contributed by atoms with Gasteiger partial charge in [-0.05, 0) is 42.8 Å². The van der Waals surface area contributed by atoms with Crippen molar-refractivity contribution in [2.24, 2.45) is 0 Å². The highest BCUT2D eigenvalue weighted by molar-refractivity contribution is 5.96. The molecule has 1 aromatic carbocycles. The molecule has 0 unspecified atom stereocenters. The fourth-order valence-corrected chi connectivity index (χ4v) is 3.00. The minimum atomic E-state index is -0.0157. The second-order valence-electron chi connectivity index (χ2n) is 6.55. The van der Waals surface area contributed by atoms with E-state index in [1.807, 2.05) is 12.1 Å². The van der Waals surface area contributed by atoms with Gasteiger partial charge in [0.2, 0.25) is 0 Å². The van der Waals surface area contributed by atoms with E-state index in [-0.39, 0.29) is 11.8 Å². The third kappa shape index (κ3) is 4.84. The Kier molecular flexibility index (Phi) is 6.41. The summed E-state index contributed by atoms with van der Waals surface area (Å²) in [5.74, 6) is 0.761. The molecule has 0 aliphatic carbocycles. The molecule has 6 heteroatoms. The zero-order valence-electron chi connectivity index (χ0n) is 15.6. The number of hydrogen-bond donors (Lipinski definition) is 0. The topological polar surface area (TPSA) is 62.7 Å². The molecule has 0 bridgehead atoms. The van der Waals surface area contributed by atoms with Crippen molar-refractivity contribution < 1.29 is 14.3 Å². The van der Waals surface area contributed by atoms with Gasteiger partial charge in [0.15, 0.2) is 0 Å². The molecular weight excluding hydrogens is 342 g/mol. The van der Waals surface area contributed by atoms with Gasteiger partial charge in [-0.1, -0.05) is 13.3 Å². The first-order chi connectivity index (χ1) is 13.2. The van der Waals surface area contributed by atoms with E-state index in [4.69, 9.17) is 4.74 Å². The number of rotatable bonds is 6. The zero-order valence-corrected chi connectivity index (χ0v) is 15.6. The molecule has 0 atom stereocenters. The lowest BCUT2D eigenvalue weighted by Crippen LogP contribution is -2.50. The molecule has 1 aliphatic rings. The van der Waals surface area contributed by atoms with Crippen molar-refractivity contribution in [3.63, 3.8) is 0 Å². The van der Waals surface area contributed by atoms with Gasteiger partial charge in [0, 0.05) is 49.7 Å². The Bertz CT molecular complexity index is 754. The van der Waals surface area contributed by atoms with Crippen molar-refractivity contribution in [3.8, 4) is 5.75 Å². The van der Waals surface area contributed by atoms with Gasteiger partial charge in [0.1, 0.15) is 5.75 Å². The number of carbonyl (C=O) groups excluding carboxylic acids is 2. The van der Waals surface area contributed by atoms with E-state index in [1.54, 1.807) is 46.5 Å². The number of unbranched alkanes of at least 4 members (excludes halogenated alkanes) is 1. The number of ether oxygens (including phenoxy) is 1. The summed E-state index contributed by atoms with van der Waals surface area (Å²) < 4.78 is 5.64. The van der Waals surface area contributed by atoms with Gasteiger partial charge in [-0.3, -0.25) is 14.6 Å². The summed E-state index contributed by atoms with van der Waals surface area (Å²) in [6, 6.07) is 10.7. The van der Waals surface area contributed by atoms with Crippen LogP contribution in [-0.2, 0) is 0 Å². The van der Waals surface area contributed by atoms with E-state index in [0.29, 0.717) is 43.9 Å². The summed E-state index contributed by atoms with van der Waals surface area (Å²) in [7, 11) is 0. The molecule has 0 radical (unpaired) electrons. The van der Waals surface area contributed by atoms with Crippen LogP contribution in [0.25, 0.3) is 0 Å². The number of amides is 2. The molecule has 2 aromatic rings. The molecule has 0 saturated carbocycles. The molecule has 1 saturated heterocycles. The average Bonchev–Trinajstić information content (AvgIpc) is 2.74. The smallest absolute Gasteiger partial charge is 0.254 e. The number of piperazine rings is 1. The van der Waals surface area contributed by atoms with Gasteiger partial charge < -0.3 is 14.5 Å². The summed E-state index contributed by atoms with van der Waals surface area (Å²) in [5.41, 5.74) is 1.27. The molecule has 1 aliphatic heterocycles. The molecule has 0 spiro atoms. The quantitative estimate of drug-likeness (QED) is 0.737. The maximum absolute atomic E-state index is 12.7. The summed E-state index contributed by atoms with van der Waals surface area (Å²) in [4.78, 5) is 32.7. The van der Waals surface area contributed by atoms with E-state index < -0.39 is 0 Å². The molecule has 142 valence electrons. The van der Waals surface area contributed by atoms with Crippen LogP contribution >= 0.6 is 0 Å². The highest BCUT2D eigenvalue weighted by Crippen LogP contribution is 2.16. The first-order valence-corrected chi connectivity index (χ1v) is 9.40. The van der Waals surface area contributed by atoms with Crippen LogP contribution in [0.15, 0.2) is 48.8 Å². The normalized spacial score (nSPS) is 14.1. The van der Waals surface area contributed by atoms with Crippen LogP contribution in [0.2, 0.25) is 0 Å². The second-order valence-corrected chi connectivity index (χ2v) is 6.55. The molecule has 2 amide bonds.